The zero-order valence-electron chi connectivity index (χ0n) is 9.76. The summed E-state index contributed by atoms with van der Waals surface area (Å²) in [4.78, 5) is 34.7. The van der Waals surface area contributed by atoms with Gasteiger partial charge in [-0.1, -0.05) is 6.07 Å². The molecule has 0 saturated heterocycles. The Kier molecular flexibility index (Phi) is 5.17. The molecule has 0 amide bonds. The molecule has 8 nitrogen and oxygen atoms in total. The molecule has 0 saturated carbocycles. The van der Waals surface area contributed by atoms with Crippen molar-refractivity contribution in [1.82, 2.24) is 10.1 Å². The van der Waals surface area contributed by atoms with Gasteiger partial charge in [0.05, 0.1) is 0 Å². The van der Waals surface area contributed by atoms with E-state index in [1.54, 1.807) is 6.07 Å². The largest absolute Gasteiger partial charge is 0.481 e. The highest BCUT2D eigenvalue weighted by Crippen LogP contribution is 2.34. The summed E-state index contributed by atoms with van der Waals surface area (Å²) in [6.45, 7) is 0. The van der Waals surface area contributed by atoms with E-state index in [9.17, 15) is 19.0 Å². The number of nitrogens with one attached hydrogen (secondary N) is 1. The number of carbonyl (C=O) groups is 2. The lowest BCUT2D eigenvalue weighted by molar-refractivity contribution is -0.140. The van der Waals surface area contributed by atoms with Crippen molar-refractivity contribution in [1.29, 1.82) is 0 Å². The molecule has 9 heteroatoms. The molecule has 0 fully saturated rings. The predicted octanol–water partition coefficient (Wildman–Crippen LogP) is -0.200. The van der Waals surface area contributed by atoms with E-state index < -0.39 is 31.9 Å². The van der Waals surface area contributed by atoms with Crippen LogP contribution in [0.4, 0.5) is 0 Å². The maximum absolute atomic E-state index is 11.9. The molecule has 0 radical (unpaired) electrons. The van der Waals surface area contributed by atoms with E-state index in [2.05, 4.69) is 10.1 Å². The first kappa shape index (κ1) is 15.3. The molecule has 1 heterocycles. The van der Waals surface area contributed by atoms with Gasteiger partial charge in [0.2, 0.25) is 0 Å². The summed E-state index contributed by atoms with van der Waals surface area (Å²) >= 11 is 0. The Morgan fingerprint density at radius 2 is 2.05 bits per heavy atom. The molecule has 0 spiro atoms. The smallest absolute Gasteiger partial charge is 0.321 e. The van der Waals surface area contributed by atoms with Gasteiger partial charge in [0.15, 0.2) is 0 Å². The monoisotopic (exact) mass is 288 g/mol. The number of hydrogen-bond acceptors (Lipinski definition) is 4. The fraction of sp³-hybridized carbons (Fsp3) is 0.300. The van der Waals surface area contributed by atoms with Crippen LogP contribution in [0.3, 0.4) is 0 Å². The molecule has 0 bridgehead atoms. The number of hydrogen-bond donors (Lipinski definition) is 4. The number of carboxylic acid groups (broad SMARTS) is 2. The Morgan fingerprint density at radius 3 is 2.53 bits per heavy atom. The normalized spacial score (nSPS) is 15.4. The lowest BCUT2D eigenvalue weighted by Crippen LogP contribution is -2.37. The van der Waals surface area contributed by atoms with E-state index in [-0.39, 0.29) is 11.9 Å². The number of aromatic nitrogens is 1. The van der Waals surface area contributed by atoms with Crippen molar-refractivity contribution in [2.75, 3.05) is 0 Å². The molecule has 104 valence electrons. The highest BCUT2D eigenvalue weighted by Gasteiger charge is 2.30. The third kappa shape index (κ3) is 4.78. The minimum absolute atomic E-state index is 0.184. The Hall–Kier alpha value is -1.76. The Balaban J connectivity index is 2.81. The maximum Gasteiger partial charge on any atom is 0.321 e. The van der Waals surface area contributed by atoms with E-state index in [1.807, 2.05) is 0 Å². The first-order valence-corrected chi connectivity index (χ1v) is 6.95. The summed E-state index contributed by atoms with van der Waals surface area (Å²) in [5.74, 6) is -2.58. The fourth-order valence-corrected chi connectivity index (χ4v) is 2.63. The zero-order chi connectivity index (χ0) is 14.5. The second-order valence-electron chi connectivity index (χ2n) is 3.72. The molecular weight excluding hydrogens is 275 g/mol. The first-order valence-electron chi connectivity index (χ1n) is 5.29. The van der Waals surface area contributed by atoms with Gasteiger partial charge in [0.25, 0.3) is 0 Å². The maximum atomic E-state index is 11.9. The van der Waals surface area contributed by atoms with Gasteiger partial charge in [0, 0.05) is 12.6 Å². The summed E-state index contributed by atoms with van der Waals surface area (Å²) in [6.07, 6.45) is 0.571. The highest BCUT2D eigenvalue weighted by atomic mass is 31.2. The van der Waals surface area contributed by atoms with Crippen molar-refractivity contribution < 1.29 is 29.3 Å². The second-order valence-corrected chi connectivity index (χ2v) is 5.58. The average molecular weight is 288 g/mol. The van der Waals surface area contributed by atoms with Crippen molar-refractivity contribution in [3.63, 3.8) is 0 Å². The van der Waals surface area contributed by atoms with Crippen LogP contribution in [0, 0.1) is 0 Å². The molecule has 2 atom stereocenters. The lowest BCUT2D eigenvalue weighted by Gasteiger charge is -2.18. The van der Waals surface area contributed by atoms with Crippen molar-refractivity contribution in [2.24, 2.45) is 0 Å². The van der Waals surface area contributed by atoms with Gasteiger partial charge >= 0.3 is 19.5 Å². The molecule has 19 heavy (non-hydrogen) atoms. The van der Waals surface area contributed by atoms with Gasteiger partial charge in [0.1, 0.15) is 11.5 Å². The van der Waals surface area contributed by atoms with Crippen LogP contribution in [0.5, 0.6) is 0 Å². The molecule has 0 aromatic carbocycles. The van der Waals surface area contributed by atoms with Gasteiger partial charge in [-0.15, -0.1) is 0 Å². The van der Waals surface area contributed by atoms with Crippen LogP contribution in [-0.4, -0.2) is 38.1 Å². The van der Waals surface area contributed by atoms with Gasteiger partial charge < -0.3 is 15.1 Å². The van der Waals surface area contributed by atoms with Crippen molar-refractivity contribution >= 4 is 24.9 Å². The second kappa shape index (κ2) is 6.42. The number of pyridine rings is 1. The summed E-state index contributed by atoms with van der Waals surface area (Å²) in [5.41, 5.74) is -0.184. The van der Waals surface area contributed by atoms with Crippen molar-refractivity contribution in [3.05, 3.63) is 24.4 Å². The molecule has 0 aliphatic rings. The minimum Gasteiger partial charge on any atom is -0.481 e. The number of aliphatic carboxylic acids is 2. The Bertz CT molecular complexity index is 506. The van der Waals surface area contributed by atoms with Gasteiger partial charge in [-0.3, -0.25) is 14.2 Å². The molecular formula is C10H13N2O6P. The molecule has 4 N–H and O–H groups in total. The number of rotatable bonds is 7. The number of carboxylic acids is 2. The molecule has 1 rings (SSSR count). The summed E-state index contributed by atoms with van der Waals surface area (Å²) in [5, 5.41) is 19.4. The van der Waals surface area contributed by atoms with Crippen molar-refractivity contribution in [3.8, 4) is 0 Å². The number of nitrogens with zero attached hydrogens (tertiary/aromatic N) is 1. The lowest BCUT2D eigenvalue weighted by atomic mass is 10.2. The van der Waals surface area contributed by atoms with E-state index in [1.165, 1.54) is 18.3 Å². The highest BCUT2D eigenvalue weighted by molar-refractivity contribution is 7.63. The third-order valence-corrected chi connectivity index (χ3v) is 3.78. The Labute approximate surface area is 108 Å². The van der Waals surface area contributed by atoms with Crippen molar-refractivity contribution in [2.45, 2.75) is 18.9 Å². The zero-order valence-corrected chi connectivity index (χ0v) is 10.7. The predicted molar refractivity (Wildman–Crippen MR) is 65.1 cm³/mol. The molecule has 1 aromatic heterocycles. The summed E-state index contributed by atoms with van der Waals surface area (Å²) in [6, 6.07) is 2.88. The molecule has 2 unspecified atom stereocenters. The van der Waals surface area contributed by atoms with E-state index >= 15 is 0 Å². The summed E-state index contributed by atoms with van der Waals surface area (Å²) < 4.78 is 11.9. The van der Waals surface area contributed by atoms with Crippen LogP contribution in [0.15, 0.2) is 24.4 Å². The molecule has 0 aliphatic heterocycles. The standard InChI is InChI=1S/C10H13N2O6P/c13-9(14)5-4-7(10(15)16)12-19(17,18)8-3-1-2-6-11-8/h1-3,6-7H,4-5H2,(H,13,14)(H,15,16)(H2,12,17,18). The van der Waals surface area contributed by atoms with E-state index in [0.29, 0.717) is 0 Å². The van der Waals surface area contributed by atoms with Crippen LogP contribution in [0.2, 0.25) is 0 Å². The van der Waals surface area contributed by atoms with Crippen LogP contribution >= 0.6 is 7.52 Å². The Morgan fingerprint density at radius 1 is 1.37 bits per heavy atom. The molecule has 0 aliphatic carbocycles. The van der Waals surface area contributed by atoms with Gasteiger partial charge in [-0.25, -0.2) is 10.1 Å². The minimum atomic E-state index is -4.15. The topological polar surface area (TPSA) is 137 Å². The van der Waals surface area contributed by atoms with Crippen LogP contribution in [0.1, 0.15) is 12.8 Å². The third-order valence-electron chi connectivity index (χ3n) is 2.24. The quantitative estimate of drug-likeness (QED) is 0.506. The van der Waals surface area contributed by atoms with E-state index in [0.717, 1.165) is 0 Å². The SMILES string of the molecule is O=C(O)CCC(NP(=O)(O)c1ccccn1)C(=O)O. The molecule has 1 aromatic rings. The first-order chi connectivity index (χ1) is 8.83. The van der Waals surface area contributed by atoms with Gasteiger partial charge in [-0.2, -0.15) is 0 Å². The van der Waals surface area contributed by atoms with Crippen LogP contribution in [0.25, 0.3) is 0 Å². The van der Waals surface area contributed by atoms with Crippen LogP contribution in [-0.2, 0) is 14.2 Å². The van der Waals surface area contributed by atoms with E-state index in [4.69, 9.17) is 10.2 Å². The van der Waals surface area contributed by atoms with Crippen LogP contribution < -0.4 is 10.5 Å². The average Bonchev–Trinajstić information content (AvgIpc) is 2.35. The summed E-state index contributed by atoms with van der Waals surface area (Å²) in [7, 11) is -4.15. The fourth-order valence-electron chi connectivity index (χ4n) is 1.32. The van der Waals surface area contributed by atoms with Gasteiger partial charge in [-0.05, 0) is 18.6 Å².